The Bertz CT molecular complexity index is 786. The zero-order valence-electron chi connectivity index (χ0n) is 14.5. The molecule has 2 aromatic rings. The van der Waals surface area contributed by atoms with Gasteiger partial charge in [0, 0.05) is 10.9 Å². The van der Waals surface area contributed by atoms with Gasteiger partial charge in [0.25, 0.3) is 10.1 Å². The van der Waals surface area contributed by atoms with Crippen molar-refractivity contribution in [1.29, 1.82) is 0 Å². The summed E-state index contributed by atoms with van der Waals surface area (Å²) in [6, 6.07) is 6.63. The monoisotopic (exact) mass is 383 g/mol. The van der Waals surface area contributed by atoms with Crippen LogP contribution in [-0.2, 0) is 23.0 Å². The van der Waals surface area contributed by atoms with Crippen LogP contribution >= 0.6 is 11.3 Å². The van der Waals surface area contributed by atoms with E-state index in [2.05, 4.69) is 17.2 Å². The third kappa shape index (κ3) is 6.07. The first kappa shape index (κ1) is 19.8. The fraction of sp³-hybridized carbons (Fsp3) is 0.471. The van der Waals surface area contributed by atoms with Gasteiger partial charge in [0.1, 0.15) is 0 Å². The van der Waals surface area contributed by atoms with Crippen molar-refractivity contribution in [2.75, 3.05) is 12.3 Å². The Kier molecular flexibility index (Phi) is 6.95. The molecule has 0 unspecified atom stereocenters. The zero-order valence-corrected chi connectivity index (χ0v) is 16.2. The lowest BCUT2D eigenvalue weighted by atomic mass is 9.98. The third-order valence-corrected chi connectivity index (χ3v) is 5.78. The van der Waals surface area contributed by atoms with Crippen LogP contribution in [0.25, 0.3) is 0 Å². The van der Waals surface area contributed by atoms with E-state index in [1.165, 1.54) is 35.5 Å². The van der Waals surface area contributed by atoms with E-state index in [0.29, 0.717) is 6.04 Å². The Morgan fingerprint density at radius 3 is 2.64 bits per heavy atom. The lowest BCUT2D eigenvalue weighted by molar-refractivity contribution is 0.460. The number of hydrogen-bond acceptors (Lipinski definition) is 6. The van der Waals surface area contributed by atoms with Gasteiger partial charge in [0.2, 0.25) is 0 Å². The number of nitrogens with one attached hydrogen (secondary N) is 1. The molecule has 8 heteroatoms. The number of fused-ring (bicyclic) bond motifs is 1. The highest BCUT2D eigenvalue weighted by Crippen LogP contribution is 2.27. The molecule has 0 saturated heterocycles. The van der Waals surface area contributed by atoms with Crippen molar-refractivity contribution in [2.45, 2.75) is 50.5 Å². The molecule has 1 aliphatic rings. The number of nitrogens with zero attached hydrogens (tertiary/aromatic N) is 1. The van der Waals surface area contributed by atoms with Crippen molar-refractivity contribution in [2.24, 2.45) is 0 Å². The largest absolute Gasteiger partial charge is 0.375 e. The minimum absolute atomic E-state index is 0.0666. The van der Waals surface area contributed by atoms with Crippen molar-refractivity contribution in [3.05, 3.63) is 40.4 Å². The van der Waals surface area contributed by atoms with E-state index in [1.807, 2.05) is 6.92 Å². The summed E-state index contributed by atoms with van der Waals surface area (Å²) in [5.74, 6) is 0. The number of nitrogens with two attached hydrogens (primary N) is 1. The average molecular weight is 384 g/mol. The normalized spacial score (nSPS) is 16.7. The highest BCUT2D eigenvalue weighted by molar-refractivity contribution is 7.85. The van der Waals surface area contributed by atoms with Gasteiger partial charge < -0.3 is 11.1 Å². The smallest absolute Gasteiger partial charge is 0.294 e. The van der Waals surface area contributed by atoms with E-state index >= 15 is 0 Å². The van der Waals surface area contributed by atoms with Gasteiger partial charge in [-0.1, -0.05) is 24.6 Å². The molecule has 0 radical (unpaired) electrons. The molecule has 1 aliphatic carbocycles. The Morgan fingerprint density at radius 1 is 1.36 bits per heavy atom. The number of rotatable bonds is 4. The van der Waals surface area contributed by atoms with E-state index in [4.69, 9.17) is 10.3 Å². The maximum Gasteiger partial charge on any atom is 0.294 e. The van der Waals surface area contributed by atoms with Crippen LogP contribution in [-0.4, -0.2) is 30.5 Å². The van der Waals surface area contributed by atoms with Gasteiger partial charge in [-0.25, -0.2) is 4.98 Å². The number of aromatic nitrogens is 1. The van der Waals surface area contributed by atoms with Crippen molar-refractivity contribution >= 4 is 26.6 Å². The molecule has 25 heavy (non-hydrogen) atoms. The Balaban J connectivity index is 0.000000186. The first-order valence-electron chi connectivity index (χ1n) is 8.31. The predicted molar refractivity (Wildman–Crippen MR) is 102 cm³/mol. The van der Waals surface area contributed by atoms with Gasteiger partial charge in [0.05, 0.1) is 10.6 Å². The highest BCUT2D eigenvalue weighted by atomic mass is 32.2. The summed E-state index contributed by atoms with van der Waals surface area (Å²) in [7, 11) is -4.02. The quantitative estimate of drug-likeness (QED) is 0.701. The van der Waals surface area contributed by atoms with Crippen molar-refractivity contribution in [1.82, 2.24) is 10.3 Å². The Labute approximate surface area is 153 Å². The second-order valence-corrected chi connectivity index (χ2v) is 8.64. The second-order valence-electron chi connectivity index (χ2n) is 6.10. The maximum absolute atomic E-state index is 10.5. The summed E-state index contributed by atoms with van der Waals surface area (Å²) in [6.45, 7) is 5.16. The third-order valence-electron chi connectivity index (χ3n) is 3.96. The lowest BCUT2D eigenvalue weighted by Gasteiger charge is -2.21. The summed E-state index contributed by atoms with van der Waals surface area (Å²) in [4.78, 5) is 5.66. The number of benzene rings is 1. The number of anilines is 1. The molecular formula is C17H25N3O3S2. The molecule has 1 aromatic heterocycles. The summed E-state index contributed by atoms with van der Waals surface area (Å²) in [5.41, 5.74) is 7.88. The molecule has 1 heterocycles. The Hall–Kier alpha value is -1.48. The fourth-order valence-corrected chi connectivity index (χ4v) is 4.07. The topological polar surface area (TPSA) is 105 Å². The van der Waals surface area contributed by atoms with E-state index in [1.54, 1.807) is 23.5 Å². The number of aryl methyl sites for hydroxylation is 2. The summed E-state index contributed by atoms with van der Waals surface area (Å²) in [6.07, 6.45) is 4.61. The molecule has 0 saturated carbocycles. The minimum atomic E-state index is -4.02. The van der Waals surface area contributed by atoms with Gasteiger partial charge in [-0.15, -0.1) is 11.3 Å². The highest BCUT2D eigenvalue weighted by Gasteiger charge is 2.21. The lowest BCUT2D eigenvalue weighted by Crippen LogP contribution is -2.34. The van der Waals surface area contributed by atoms with Crippen LogP contribution in [0.2, 0.25) is 0 Å². The second kappa shape index (κ2) is 8.75. The van der Waals surface area contributed by atoms with Crippen LogP contribution < -0.4 is 11.1 Å². The first-order valence-corrected chi connectivity index (χ1v) is 10.6. The molecule has 6 nitrogen and oxygen atoms in total. The van der Waals surface area contributed by atoms with Crippen LogP contribution in [0.1, 0.15) is 35.9 Å². The number of nitrogen functional groups attached to an aromatic ring is 1. The predicted octanol–water partition coefficient (Wildman–Crippen LogP) is 2.82. The van der Waals surface area contributed by atoms with Gasteiger partial charge in [-0.05, 0) is 51.3 Å². The van der Waals surface area contributed by atoms with Crippen LogP contribution in [0.3, 0.4) is 0 Å². The van der Waals surface area contributed by atoms with Crippen molar-refractivity contribution in [3.63, 3.8) is 0 Å². The Morgan fingerprint density at radius 2 is 2.04 bits per heavy atom. The van der Waals surface area contributed by atoms with E-state index in [0.717, 1.165) is 30.1 Å². The van der Waals surface area contributed by atoms with Crippen LogP contribution in [0.4, 0.5) is 5.13 Å². The molecule has 4 N–H and O–H groups in total. The van der Waals surface area contributed by atoms with Gasteiger partial charge >= 0.3 is 0 Å². The molecule has 1 aromatic carbocycles. The number of thiazole rings is 1. The van der Waals surface area contributed by atoms with Crippen molar-refractivity contribution in [3.8, 4) is 0 Å². The summed E-state index contributed by atoms with van der Waals surface area (Å²) >= 11 is 1.65. The van der Waals surface area contributed by atoms with E-state index < -0.39 is 10.1 Å². The first-order chi connectivity index (χ1) is 11.8. The molecule has 0 amide bonds. The van der Waals surface area contributed by atoms with Crippen LogP contribution in [0.5, 0.6) is 0 Å². The molecule has 3 rings (SSSR count). The van der Waals surface area contributed by atoms with Gasteiger partial charge in [-0.3, -0.25) is 4.55 Å². The summed E-state index contributed by atoms with van der Waals surface area (Å²) < 4.78 is 29.6. The molecule has 0 aliphatic heterocycles. The standard InChI is InChI=1S/C10H17N3S.C7H8O3S/c1-2-5-12-7-3-4-8-9(6-7)14-10(11)13-8;1-6-2-4-7(5-3-6)11(8,9)10/h7,12H,2-6H2,1H3,(H2,11,13);2-5H,1H3,(H,8,9,10)/t7-;/m1./s1. The van der Waals surface area contributed by atoms with Gasteiger partial charge in [-0.2, -0.15) is 8.42 Å². The summed E-state index contributed by atoms with van der Waals surface area (Å²) in [5, 5.41) is 4.29. The average Bonchev–Trinajstić information content (AvgIpc) is 2.92. The number of hydrogen-bond donors (Lipinski definition) is 3. The molecule has 1 atom stereocenters. The maximum atomic E-state index is 10.5. The SMILES string of the molecule is CCCN[C@@H]1CCc2nc(N)sc2C1.Cc1ccc(S(=O)(=O)O)cc1. The van der Waals surface area contributed by atoms with Gasteiger partial charge in [0.15, 0.2) is 5.13 Å². The molecule has 0 fully saturated rings. The van der Waals surface area contributed by atoms with Crippen LogP contribution in [0.15, 0.2) is 29.2 Å². The van der Waals surface area contributed by atoms with Crippen molar-refractivity contribution < 1.29 is 13.0 Å². The molecule has 0 spiro atoms. The molecular weight excluding hydrogens is 358 g/mol. The molecule has 0 bridgehead atoms. The fourth-order valence-electron chi connectivity index (χ4n) is 2.63. The van der Waals surface area contributed by atoms with E-state index in [-0.39, 0.29) is 4.90 Å². The minimum Gasteiger partial charge on any atom is -0.375 e. The molecule has 138 valence electrons. The van der Waals surface area contributed by atoms with Crippen LogP contribution in [0, 0.1) is 6.92 Å². The zero-order chi connectivity index (χ0) is 18.4. The van der Waals surface area contributed by atoms with E-state index in [9.17, 15) is 8.42 Å².